The first kappa shape index (κ1) is 17.9. The molecule has 0 aliphatic carbocycles. The molecule has 1 heterocycles. The molecule has 5 heteroatoms. The van der Waals surface area contributed by atoms with Crippen molar-refractivity contribution in [1.29, 1.82) is 0 Å². The van der Waals surface area contributed by atoms with Crippen LogP contribution in [0.15, 0.2) is 77.2 Å². The molecule has 0 bridgehead atoms. The van der Waals surface area contributed by atoms with Gasteiger partial charge in [-0.2, -0.15) is 0 Å². The molecule has 0 saturated carbocycles. The molecule has 2 N–H and O–H groups in total. The van der Waals surface area contributed by atoms with Crippen LogP contribution < -0.4 is 0 Å². The summed E-state index contributed by atoms with van der Waals surface area (Å²) in [6, 6.07) is 20.6. The Balaban J connectivity index is 1.96. The van der Waals surface area contributed by atoms with Crippen molar-refractivity contribution in [2.24, 2.45) is 0 Å². The molecule has 0 radical (unpaired) electrons. The summed E-state index contributed by atoms with van der Waals surface area (Å²) >= 11 is 0. The highest BCUT2D eigenvalue weighted by atomic mass is 16.4. The molecule has 0 saturated heterocycles. The number of carboxylic acid groups (broad SMARTS) is 2. The fourth-order valence-electron chi connectivity index (χ4n) is 2.58. The van der Waals surface area contributed by atoms with Gasteiger partial charge in [0.05, 0.1) is 11.1 Å². The summed E-state index contributed by atoms with van der Waals surface area (Å²) in [4.78, 5) is 23.1. The molecular weight excluding hydrogens is 344 g/mol. The van der Waals surface area contributed by atoms with E-state index in [1.165, 1.54) is 12.2 Å². The van der Waals surface area contributed by atoms with Gasteiger partial charge in [0.1, 0.15) is 11.5 Å². The number of rotatable bonds is 6. The predicted octanol–water partition coefficient (Wildman–Crippen LogP) is 4.53. The Labute approximate surface area is 155 Å². The van der Waals surface area contributed by atoms with E-state index < -0.39 is 11.9 Å². The molecular formula is C22H16O5. The third kappa shape index (κ3) is 4.41. The maximum absolute atomic E-state index is 11.6. The van der Waals surface area contributed by atoms with Gasteiger partial charge in [-0.1, -0.05) is 60.7 Å². The lowest BCUT2D eigenvalue weighted by molar-refractivity contribution is -0.131. The van der Waals surface area contributed by atoms with Gasteiger partial charge in [0.25, 0.3) is 0 Å². The number of carbonyl (C=O) groups is 2. The average molecular weight is 360 g/mol. The second-order valence-electron chi connectivity index (χ2n) is 5.70. The number of hydrogen-bond donors (Lipinski definition) is 2. The number of benzene rings is 2. The SMILES string of the molecule is O=C(O)/C(=C\c1ccc(/C=C(/C(=O)O)c2ccccc2)o1)c1ccccc1. The van der Waals surface area contributed by atoms with Crippen LogP contribution in [0.1, 0.15) is 22.6 Å². The molecule has 134 valence electrons. The summed E-state index contributed by atoms with van der Waals surface area (Å²) in [5, 5.41) is 18.9. The molecule has 0 aliphatic heterocycles. The van der Waals surface area contributed by atoms with Crippen molar-refractivity contribution >= 4 is 35.2 Å². The minimum Gasteiger partial charge on any atom is -0.478 e. The Morgan fingerprint density at radius 3 is 1.33 bits per heavy atom. The Morgan fingerprint density at radius 1 is 0.630 bits per heavy atom. The minimum atomic E-state index is -1.08. The Kier molecular flexibility index (Phi) is 5.33. The molecule has 3 rings (SSSR count). The van der Waals surface area contributed by atoms with Gasteiger partial charge in [0, 0.05) is 0 Å². The van der Waals surface area contributed by atoms with Crippen molar-refractivity contribution in [2.45, 2.75) is 0 Å². The molecule has 2 aromatic carbocycles. The van der Waals surface area contributed by atoms with Crippen molar-refractivity contribution in [3.05, 3.63) is 95.4 Å². The lowest BCUT2D eigenvalue weighted by atomic mass is 10.1. The summed E-state index contributed by atoms with van der Waals surface area (Å²) in [7, 11) is 0. The van der Waals surface area contributed by atoms with Gasteiger partial charge in [0.15, 0.2) is 0 Å². The maximum Gasteiger partial charge on any atom is 0.336 e. The molecule has 5 nitrogen and oxygen atoms in total. The van der Waals surface area contributed by atoms with Crippen LogP contribution in [0.3, 0.4) is 0 Å². The molecule has 0 spiro atoms. The first-order valence-electron chi connectivity index (χ1n) is 8.15. The fourth-order valence-corrected chi connectivity index (χ4v) is 2.58. The molecule has 0 amide bonds. The van der Waals surface area contributed by atoms with E-state index in [-0.39, 0.29) is 11.1 Å². The zero-order valence-corrected chi connectivity index (χ0v) is 14.2. The summed E-state index contributed by atoms with van der Waals surface area (Å²) in [5.41, 5.74) is 1.27. The fraction of sp³-hybridized carbons (Fsp3) is 0. The van der Waals surface area contributed by atoms with Crippen LogP contribution in [0.2, 0.25) is 0 Å². The van der Waals surface area contributed by atoms with E-state index >= 15 is 0 Å². The van der Waals surface area contributed by atoms with Crippen molar-refractivity contribution in [3.63, 3.8) is 0 Å². The third-order valence-corrected chi connectivity index (χ3v) is 3.85. The van der Waals surface area contributed by atoms with Crippen molar-refractivity contribution in [1.82, 2.24) is 0 Å². The van der Waals surface area contributed by atoms with Crippen molar-refractivity contribution < 1.29 is 24.2 Å². The maximum atomic E-state index is 11.6. The standard InChI is InChI=1S/C22H16O5/c23-21(24)19(15-7-3-1-4-8-15)13-17-11-12-18(27-17)14-20(22(25)26)16-9-5-2-6-10-16/h1-14H,(H,23,24)(H,25,26)/b19-13-,20-14+. The monoisotopic (exact) mass is 360 g/mol. The van der Waals surface area contributed by atoms with E-state index in [0.717, 1.165) is 0 Å². The van der Waals surface area contributed by atoms with Crippen molar-refractivity contribution in [2.75, 3.05) is 0 Å². The van der Waals surface area contributed by atoms with Gasteiger partial charge in [-0.3, -0.25) is 0 Å². The van der Waals surface area contributed by atoms with Crippen molar-refractivity contribution in [3.8, 4) is 0 Å². The number of carboxylic acids is 2. The van der Waals surface area contributed by atoms with Crippen LogP contribution >= 0.6 is 0 Å². The number of hydrogen-bond acceptors (Lipinski definition) is 3. The van der Waals surface area contributed by atoms with Gasteiger partial charge < -0.3 is 14.6 Å². The van der Waals surface area contributed by atoms with Gasteiger partial charge in [-0.15, -0.1) is 0 Å². The summed E-state index contributed by atoms with van der Waals surface area (Å²) in [6.07, 6.45) is 2.83. The Morgan fingerprint density at radius 2 is 1.00 bits per heavy atom. The normalized spacial score (nSPS) is 12.0. The molecule has 0 unspecified atom stereocenters. The topological polar surface area (TPSA) is 87.7 Å². The number of aliphatic carboxylic acids is 2. The quantitative estimate of drug-likeness (QED) is 0.631. The van der Waals surface area contributed by atoms with Crippen LogP contribution in [0.25, 0.3) is 23.3 Å². The minimum absolute atomic E-state index is 0.0852. The average Bonchev–Trinajstić information content (AvgIpc) is 3.12. The van der Waals surface area contributed by atoms with Gasteiger partial charge >= 0.3 is 11.9 Å². The van der Waals surface area contributed by atoms with E-state index in [1.807, 2.05) is 0 Å². The van der Waals surface area contributed by atoms with Crippen LogP contribution in [-0.4, -0.2) is 22.2 Å². The molecule has 27 heavy (non-hydrogen) atoms. The summed E-state index contributed by atoms with van der Waals surface area (Å²) in [6.45, 7) is 0. The lowest BCUT2D eigenvalue weighted by Gasteiger charge is -2.02. The molecule has 0 fully saturated rings. The second kappa shape index (κ2) is 8.01. The van der Waals surface area contributed by atoms with Gasteiger partial charge in [0.2, 0.25) is 0 Å². The molecule has 1 aromatic heterocycles. The summed E-state index contributed by atoms with van der Waals surface area (Å²) in [5.74, 6) is -1.52. The predicted molar refractivity (Wildman–Crippen MR) is 103 cm³/mol. The van der Waals surface area contributed by atoms with E-state index in [4.69, 9.17) is 4.42 Å². The molecule has 0 atom stereocenters. The van der Waals surface area contributed by atoms with Crippen LogP contribution in [-0.2, 0) is 9.59 Å². The van der Waals surface area contributed by atoms with Crippen LogP contribution in [0, 0.1) is 0 Å². The highest BCUT2D eigenvalue weighted by molar-refractivity contribution is 6.21. The van der Waals surface area contributed by atoms with Crippen LogP contribution in [0.5, 0.6) is 0 Å². The van der Waals surface area contributed by atoms with E-state index in [2.05, 4.69) is 0 Å². The molecule has 0 aliphatic rings. The highest BCUT2D eigenvalue weighted by Crippen LogP contribution is 2.23. The van der Waals surface area contributed by atoms with Gasteiger partial charge in [-0.05, 0) is 35.4 Å². The Bertz CT molecular complexity index is 929. The second-order valence-corrected chi connectivity index (χ2v) is 5.70. The smallest absolute Gasteiger partial charge is 0.336 e. The van der Waals surface area contributed by atoms with E-state index in [9.17, 15) is 19.8 Å². The van der Waals surface area contributed by atoms with Gasteiger partial charge in [-0.25, -0.2) is 9.59 Å². The first-order valence-corrected chi connectivity index (χ1v) is 8.15. The highest BCUT2D eigenvalue weighted by Gasteiger charge is 2.13. The zero-order chi connectivity index (χ0) is 19.2. The Hall–Kier alpha value is -3.86. The van der Waals surface area contributed by atoms with E-state index in [1.54, 1.807) is 72.8 Å². The zero-order valence-electron chi connectivity index (χ0n) is 14.2. The first-order chi connectivity index (χ1) is 13.0. The number of furan rings is 1. The molecule has 3 aromatic rings. The third-order valence-electron chi connectivity index (χ3n) is 3.85. The largest absolute Gasteiger partial charge is 0.478 e. The lowest BCUT2D eigenvalue weighted by Crippen LogP contribution is -1.99. The van der Waals surface area contributed by atoms with Crippen LogP contribution in [0.4, 0.5) is 0 Å². The van der Waals surface area contributed by atoms with E-state index in [0.29, 0.717) is 22.6 Å². The summed E-state index contributed by atoms with van der Waals surface area (Å²) < 4.78 is 5.61.